The number of carbonyl (C=O) groups excluding carboxylic acids is 2. The number of rotatable bonds is 3. The SMILES string of the molecule is CCCN(C(=O)Cl)C(=O)/N=C(\Cl)C(Cl)=C(Cl)Cl. The monoisotopic (exact) mass is 338 g/mol. The molecule has 0 bridgehead atoms. The molecular weight excluding hydrogens is 333 g/mol. The molecular formula is C8H7Cl5N2O2. The molecule has 0 unspecified atom stereocenters. The molecule has 0 fully saturated rings. The van der Waals surface area contributed by atoms with Crippen molar-refractivity contribution < 1.29 is 9.59 Å². The van der Waals surface area contributed by atoms with Crippen molar-refractivity contribution in [2.24, 2.45) is 4.99 Å². The molecule has 0 radical (unpaired) electrons. The summed E-state index contributed by atoms with van der Waals surface area (Å²) in [4.78, 5) is 26.5. The third-order valence-corrected chi connectivity index (χ3v) is 2.94. The molecule has 3 amide bonds. The van der Waals surface area contributed by atoms with Crippen LogP contribution in [0.3, 0.4) is 0 Å². The van der Waals surface area contributed by atoms with Crippen molar-refractivity contribution in [1.82, 2.24) is 4.90 Å². The summed E-state index contributed by atoms with van der Waals surface area (Å²) in [5, 5.41) is -1.67. The number of hydrogen-bond acceptors (Lipinski definition) is 2. The molecule has 4 nitrogen and oxygen atoms in total. The molecule has 0 aromatic rings. The van der Waals surface area contributed by atoms with E-state index in [2.05, 4.69) is 4.99 Å². The van der Waals surface area contributed by atoms with Crippen molar-refractivity contribution in [3.63, 3.8) is 0 Å². The molecule has 0 heterocycles. The summed E-state index contributed by atoms with van der Waals surface area (Å²) >= 11 is 27.0. The van der Waals surface area contributed by atoms with E-state index < -0.39 is 16.6 Å². The number of aliphatic imine (C=N–C) groups is 1. The van der Waals surface area contributed by atoms with Crippen LogP contribution in [0.25, 0.3) is 0 Å². The van der Waals surface area contributed by atoms with E-state index in [0.29, 0.717) is 11.3 Å². The molecule has 0 aliphatic rings. The van der Waals surface area contributed by atoms with Gasteiger partial charge in [-0.1, -0.05) is 53.3 Å². The Kier molecular flexibility index (Phi) is 8.16. The number of hydrogen-bond donors (Lipinski definition) is 0. The van der Waals surface area contributed by atoms with Gasteiger partial charge in [0.1, 0.15) is 9.52 Å². The highest BCUT2D eigenvalue weighted by Gasteiger charge is 2.19. The Morgan fingerprint density at radius 3 is 2.00 bits per heavy atom. The lowest BCUT2D eigenvalue weighted by molar-refractivity contribution is 0.206. The number of carbonyl (C=O) groups is 2. The van der Waals surface area contributed by atoms with Crippen LogP contribution in [-0.4, -0.2) is 28.0 Å². The first kappa shape index (κ1) is 17.0. The van der Waals surface area contributed by atoms with Crippen LogP contribution in [0.5, 0.6) is 0 Å². The fourth-order valence-electron chi connectivity index (χ4n) is 0.754. The Bertz CT molecular complexity index is 376. The maximum atomic E-state index is 11.5. The van der Waals surface area contributed by atoms with Crippen molar-refractivity contribution in [2.45, 2.75) is 13.3 Å². The van der Waals surface area contributed by atoms with E-state index in [4.69, 9.17) is 58.0 Å². The van der Waals surface area contributed by atoms with E-state index in [1.807, 2.05) is 0 Å². The Balaban J connectivity index is 4.99. The van der Waals surface area contributed by atoms with Crippen LogP contribution in [0.1, 0.15) is 13.3 Å². The highest BCUT2D eigenvalue weighted by molar-refractivity contribution is 6.79. The number of amides is 3. The third kappa shape index (κ3) is 5.93. The molecule has 0 aliphatic heterocycles. The van der Waals surface area contributed by atoms with Gasteiger partial charge in [-0.25, -0.2) is 9.69 Å². The maximum Gasteiger partial charge on any atom is 0.352 e. The van der Waals surface area contributed by atoms with Gasteiger partial charge in [0.25, 0.3) is 0 Å². The van der Waals surface area contributed by atoms with Crippen LogP contribution in [0.2, 0.25) is 0 Å². The van der Waals surface area contributed by atoms with Gasteiger partial charge in [0.15, 0.2) is 5.17 Å². The summed E-state index contributed by atoms with van der Waals surface area (Å²) in [6, 6.07) is -0.940. The minimum absolute atomic E-state index is 0.116. The lowest BCUT2D eigenvalue weighted by Gasteiger charge is -2.13. The predicted molar refractivity (Wildman–Crippen MR) is 71.5 cm³/mol. The number of urea groups is 1. The molecule has 0 aliphatic carbocycles. The standard InChI is InChI=1S/C8H7Cl5N2O2/c1-2-3-15(7(13)16)8(17)14-6(12)4(9)5(10)11/h2-3H2,1H3/b14-6-. The van der Waals surface area contributed by atoms with Gasteiger partial charge in [-0.2, -0.15) is 4.99 Å². The number of allylic oxidation sites excluding steroid dienone is 1. The number of nitrogens with zero attached hydrogens (tertiary/aromatic N) is 2. The Labute approximate surface area is 123 Å². The van der Waals surface area contributed by atoms with Crippen molar-refractivity contribution in [2.75, 3.05) is 6.54 Å². The molecule has 0 saturated carbocycles. The minimum atomic E-state index is -0.956. The normalized spacial score (nSPS) is 11.1. The maximum absolute atomic E-state index is 11.5. The summed E-state index contributed by atoms with van der Waals surface area (Å²) in [5.41, 5.74) is 0. The Morgan fingerprint density at radius 1 is 1.12 bits per heavy atom. The zero-order chi connectivity index (χ0) is 13.6. The van der Waals surface area contributed by atoms with Gasteiger partial charge in [0.2, 0.25) is 0 Å². The van der Waals surface area contributed by atoms with E-state index in [-0.39, 0.29) is 16.1 Å². The molecule has 0 aromatic carbocycles. The second kappa shape index (κ2) is 8.16. The van der Waals surface area contributed by atoms with Crippen LogP contribution >= 0.6 is 58.0 Å². The topological polar surface area (TPSA) is 49.7 Å². The predicted octanol–water partition coefficient (Wildman–Crippen LogP) is 4.70. The van der Waals surface area contributed by atoms with E-state index >= 15 is 0 Å². The van der Waals surface area contributed by atoms with E-state index in [1.165, 1.54) is 0 Å². The van der Waals surface area contributed by atoms with Crippen molar-refractivity contribution in [1.29, 1.82) is 0 Å². The Morgan fingerprint density at radius 2 is 1.65 bits per heavy atom. The molecule has 0 aromatic heterocycles. The largest absolute Gasteiger partial charge is 0.352 e. The average Bonchev–Trinajstić information content (AvgIpc) is 2.23. The summed E-state index contributed by atoms with van der Waals surface area (Å²) in [7, 11) is 0. The highest BCUT2D eigenvalue weighted by atomic mass is 35.5. The van der Waals surface area contributed by atoms with Gasteiger partial charge in [-0.3, -0.25) is 4.79 Å². The van der Waals surface area contributed by atoms with Gasteiger partial charge < -0.3 is 0 Å². The fraction of sp³-hybridized carbons (Fsp3) is 0.375. The van der Waals surface area contributed by atoms with E-state index in [9.17, 15) is 9.59 Å². The van der Waals surface area contributed by atoms with Gasteiger partial charge in [0, 0.05) is 6.54 Å². The van der Waals surface area contributed by atoms with Gasteiger partial charge >= 0.3 is 11.4 Å². The van der Waals surface area contributed by atoms with Crippen LogP contribution in [-0.2, 0) is 0 Å². The molecule has 17 heavy (non-hydrogen) atoms. The summed E-state index contributed by atoms with van der Waals surface area (Å²) < 4.78 is -0.340. The van der Waals surface area contributed by atoms with Gasteiger partial charge in [-0.15, -0.1) is 0 Å². The lowest BCUT2D eigenvalue weighted by Crippen LogP contribution is -2.31. The van der Waals surface area contributed by atoms with Crippen molar-refractivity contribution >= 4 is 74.6 Å². The van der Waals surface area contributed by atoms with Crippen LogP contribution in [0, 0.1) is 0 Å². The van der Waals surface area contributed by atoms with Crippen LogP contribution < -0.4 is 0 Å². The molecule has 0 atom stereocenters. The van der Waals surface area contributed by atoms with Crippen LogP contribution in [0.15, 0.2) is 14.5 Å². The second-order valence-electron chi connectivity index (χ2n) is 2.66. The minimum Gasteiger partial charge on any atom is -0.255 e. The fourth-order valence-corrected chi connectivity index (χ4v) is 1.40. The molecule has 0 rings (SSSR count). The van der Waals surface area contributed by atoms with Gasteiger partial charge in [0.05, 0.1) is 0 Å². The Hall–Kier alpha value is -0.000000000000000111. The third-order valence-electron chi connectivity index (χ3n) is 1.43. The summed E-state index contributed by atoms with van der Waals surface area (Å²) in [6.07, 6.45) is 0.525. The molecule has 0 saturated heterocycles. The van der Waals surface area contributed by atoms with Gasteiger partial charge in [-0.05, 0) is 18.0 Å². The second-order valence-corrected chi connectivity index (χ2v) is 4.67. The van der Waals surface area contributed by atoms with Crippen molar-refractivity contribution in [3.05, 3.63) is 9.52 Å². The van der Waals surface area contributed by atoms with Crippen molar-refractivity contribution in [3.8, 4) is 0 Å². The first-order valence-corrected chi connectivity index (χ1v) is 6.16. The quantitative estimate of drug-likeness (QED) is 0.425. The first-order valence-electron chi connectivity index (χ1n) is 4.27. The first-order chi connectivity index (χ1) is 7.81. The zero-order valence-corrected chi connectivity index (χ0v) is 12.3. The smallest absolute Gasteiger partial charge is 0.255 e. The zero-order valence-electron chi connectivity index (χ0n) is 8.51. The lowest BCUT2D eigenvalue weighted by atomic mass is 10.4. The number of imide groups is 1. The summed E-state index contributed by atoms with van der Waals surface area (Å²) in [6.45, 7) is 1.87. The van der Waals surface area contributed by atoms with E-state index in [0.717, 1.165) is 0 Å². The average molecular weight is 340 g/mol. The molecule has 0 N–H and O–H groups in total. The van der Waals surface area contributed by atoms with E-state index in [1.54, 1.807) is 6.92 Å². The molecule has 9 heteroatoms. The number of halogens is 5. The molecule has 96 valence electrons. The summed E-state index contributed by atoms with van der Waals surface area (Å²) in [5.74, 6) is 0. The highest BCUT2D eigenvalue weighted by Crippen LogP contribution is 2.21. The molecule has 0 spiro atoms. The van der Waals surface area contributed by atoms with Crippen LogP contribution in [0.4, 0.5) is 9.59 Å².